The number of benzene rings is 2. The third-order valence-electron chi connectivity index (χ3n) is 4.37. The van der Waals surface area contributed by atoms with Crippen LogP contribution in [0, 0.1) is 11.6 Å². The van der Waals surface area contributed by atoms with E-state index in [9.17, 15) is 13.9 Å². The molecule has 2 aromatic carbocycles. The van der Waals surface area contributed by atoms with Crippen LogP contribution < -0.4 is 0 Å². The second-order valence-electron chi connectivity index (χ2n) is 6.51. The summed E-state index contributed by atoms with van der Waals surface area (Å²) in [6.45, 7) is 1.13. The number of rotatable bonds is 9. The molecule has 134 valence electrons. The summed E-state index contributed by atoms with van der Waals surface area (Å²) >= 11 is 0. The van der Waals surface area contributed by atoms with Crippen molar-refractivity contribution in [2.45, 2.75) is 38.1 Å². The molecule has 1 N–H and O–H groups in total. The van der Waals surface area contributed by atoms with Crippen molar-refractivity contribution in [3.63, 3.8) is 0 Å². The SMILES string of the molecule is OC(COCc1ccccc1F)CN(Cc1ccccc1F)C1CC1. The fraction of sp³-hybridized carbons (Fsp3) is 0.400. The van der Waals surface area contributed by atoms with Gasteiger partial charge < -0.3 is 9.84 Å². The highest BCUT2D eigenvalue weighted by Crippen LogP contribution is 2.29. The quantitative estimate of drug-likeness (QED) is 0.753. The zero-order valence-corrected chi connectivity index (χ0v) is 14.1. The van der Waals surface area contributed by atoms with Crippen molar-refractivity contribution in [2.75, 3.05) is 13.2 Å². The molecule has 1 saturated carbocycles. The first-order valence-corrected chi connectivity index (χ1v) is 8.60. The van der Waals surface area contributed by atoms with E-state index in [0.717, 1.165) is 12.8 Å². The van der Waals surface area contributed by atoms with E-state index in [1.165, 1.54) is 12.1 Å². The number of nitrogens with zero attached hydrogens (tertiary/aromatic N) is 1. The fourth-order valence-electron chi connectivity index (χ4n) is 2.87. The van der Waals surface area contributed by atoms with E-state index in [2.05, 4.69) is 4.90 Å². The van der Waals surface area contributed by atoms with Gasteiger partial charge in [0.15, 0.2) is 0 Å². The predicted octanol–water partition coefficient (Wildman–Crippen LogP) is 3.51. The second-order valence-corrected chi connectivity index (χ2v) is 6.51. The topological polar surface area (TPSA) is 32.7 Å². The van der Waals surface area contributed by atoms with Gasteiger partial charge in [-0.2, -0.15) is 0 Å². The highest BCUT2D eigenvalue weighted by molar-refractivity contribution is 5.18. The first kappa shape index (κ1) is 18.0. The van der Waals surface area contributed by atoms with Crippen molar-refractivity contribution in [1.29, 1.82) is 0 Å². The van der Waals surface area contributed by atoms with Crippen molar-refractivity contribution >= 4 is 0 Å². The van der Waals surface area contributed by atoms with E-state index in [1.54, 1.807) is 30.3 Å². The van der Waals surface area contributed by atoms with Crippen LogP contribution >= 0.6 is 0 Å². The molecule has 1 unspecified atom stereocenters. The maximum atomic E-state index is 13.9. The number of aliphatic hydroxyl groups is 1. The van der Waals surface area contributed by atoms with Gasteiger partial charge in [0.25, 0.3) is 0 Å². The Hall–Kier alpha value is -1.82. The Morgan fingerprint density at radius 2 is 1.60 bits per heavy atom. The lowest BCUT2D eigenvalue weighted by Gasteiger charge is -2.25. The molecule has 1 aliphatic carbocycles. The summed E-state index contributed by atoms with van der Waals surface area (Å²) in [6.07, 6.45) is 1.44. The third kappa shape index (κ3) is 5.33. The van der Waals surface area contributed by atoms with Gasteiger partial charge in [-0.25, -0.2) is 8.78 Å². The first-order chi connectivity index (χ1) is 12.1. The average molecular weight is 347 g/mol. The van der Waals surface area contributed by atoms with Gasteiger partial charge in [-0.15, -0.1) is 0 Å². The Morgan fingerprint density at radius 3 is 2.20 bits per heavy atom. The number of halogens is 2. The average Bonchev–Trinajstić information content (AvgIpc) is 3.43. The zero-order chi connectivity index (χ0) is 17.6. The fourth-order valence-corrected chi connectivity index (χ4v) is 2.87. The minimum absolute atomic E-state index is 0.120. The smallest absolute Gasteiger partial charge is 0.128 e. The van der Waals surface area contributed by atoms with Crippen molar-refractivity contribution < 1.29 is 18.6 Å². The molecule has 0 radical (unpaired) electrons. The van der Waals surface area contributed by atoms with Gasteiger partial charge >= 0.3 is 0 Å². The summed E-state index contributed by atoms with van der Waals surface area (Å²) < 4.78 is 32.8. The Morgan fingerprint density at radius 1 is 1.00 bits per heavy atom. The molecule has 25 heavy (non-hydrogen) atoms. The summed E-state index contributed by atoms with van der Waals surface area (Å²) in [5.41, 5.74) is 1.11. The van der Waals surface area contributed by atoms with Crippen LogP contribution in [0.25, 0.3) is 0 Å². The van der Waals surface area contributed by atoms with Gasteiger partial charge in [0.1, 0.15) is 11.6 Å². The summed E-state index contributed by atoms with van der Waals surface area (Å²) in [6, 6.07) is 13.5. The maximum Gasteiger partial charge on any atom is 0.128 e. The van der Waals surface area contributed by atoms with Crippen LogP contribution in [0.4, 0.5) is 8.78 Å². The number of ether oxygens (including phenoxy) is 1. The molecule has 3 rings (SSSR count). The van der Waals surface area contributed by atoms with Crippen molar-refractivity contribution in [2.24, 2.45) is 0 Å². The summed E-state index contributed by atoms with van der Waals surface area (Å²) in [5, 5.41) is 10.2. The van der Waals surface area contributed by atoms with E-state index in [-0.39, 0.29) is 24.8 Å². The summed E-state index contributed by atoms with van der Waals surface area (Å²) in [5.74, 6) is -0.533. The summed E-state index contributed by atoms with van der Waals surface area (Å²) in [7, 11) is 0. The monoisotopic (exact) mass is 347 g/mol. The van der Waals surface area contributed by atoms with Gasteiger partial charge in [-0.3, -0.25) is 4.90 Å². The standard InChI is InChI=1S/C20H23F2NO2/c21-19-7-3-1-5-15(19)11-23(17-9-10-17)12-18(24)14-25-13-16-6-2-4-8-20(16)22/h1-8,17-18,24H,9-14H2. The lowest BCUT2D eigenvalue weighted by atomic mass is 10.2. The van der Waals surface area contributed by atoms with E-state index in [0.29, 0.717) is 30.3 Å². The lowest BCUT2D eigenvalue weighted by Crippen LogP contribution is -2.36. The molecule has 0 bridgehead atoms. The first-order valence-electron chi connectivity index (χ1n) is 8.60. The van der Waals surface area contributed by atoms with Crippen LogP contribution in [-0.4, -0.2) is 35.3 Å². The minimum atomic E-state index is -0.695. The van der Waals surface area contributed by atoms with E-state index >= 15 is 0 Å². The van der Waals surface area contributed by atoms with Crippen molar-refractivity contribution in [3.8, 4) is 0 Å². The van der Waals surface area contributed by atoms with E-state index in [4.69, 9.17) is 4.74 Å². The maximum absolute atomic E-state index is 13.9. The minimum Gasteiger partial charge on any atom is -0.389 e. The Bertz CT molecular complexity index is 691. The zero-order valence-electron chi connectivity index (χ0n) is 14.1. The third-order valence-corrected chi connectivity index (χ3v) is 4.37. The number of hydrogen-bond donors (Lipinski definition) is 1. The van der Waals surface area contributed by atoms with E-state index in [1.807, 2.05) is 6.07 Å². The van der Waals surface area contributed by atoms with Crippen LogP contribution in [-0.2, 0) is 17.9 Å². The molecule has 2 aromatic rings. The molecule has 3 nitrogen and oxygen atoms in total. The predicted molar refractivity (Wildman–Crippen MR) is 91.9 cm³/mol. The van der Waals surface area contributed by atoms with E-state index < -0.39 is 6.10 Å². The highest BCUT2D eigenvalue weighted by Gasteiger charge is 2.30. The van der Waals surface area contributed by atoms with Crippen LogP contribution in [0.5, 0.6) is 0 Å². The molecule has 0 aromatic heterocycles. The van der Waals surface area contributed by atoms with Gasteiger partial charge in [-0.05, 0) is 25.0 Å². The molecule has 0 spiro atoms. The summed E-state index contributed by atoms with van der Waals surface area (Å²) in [4.78, 5) is 2.09. The Labute approximate surface area is 146 Å². The van der Waals surface area contributed by atoms with Gasteiger partial charge in [-0.1, -0.05) is 36.4 Å². The van der Waals surface area contributed by atoms with Crippen LogP contribution in [0.1, 0.15) is 24.0 Å². The molecular formula is C20H23F2NO2. The lowest BCUT2D eigenvalue weighted by molar-refractivity contribution is 0.00617. The molecule has 1 aliphatic rings. The van der Waals surface area contributed by atoms with Crippen LogP contribution in [0.3, 0.4) is 0 Å². The second kappa shape index (κ2) is 8.52. The molecule has 0 heterocycles. The van der Waals surface area contributed by atoms with Crippen LogP contribution in [0.2, 0.25) is 0 Å². The van der Waals surface area contributed by atoms with Gasteiger partial charge in [0.2, 0.25) is 0 Å². The molecule has 1 atom stereocenters. The number of aliphatic hydroxyl groups excluding tert-OH is 1. The van der Waals surface area contributed by atoms with Crippen LogP contribution in [0.15, 0.2) is 48.5 Å². The number of hydrogen-bond acceptors (Lipinski definition) is 3. The van der Waals surface area contributed by atoms with Crippen molar-refractivity contribution in [3.05, 3.63) is 71.3 Å². The van der Waals surface area contributed by atoms with Gasteiger partial charge in [0.05, 0.1) is 19.3 Å². The van der Waals surface area contributed by atoms with Crippen molar-refractivity contribution in [1.82, 2.24) is 4.90 Å². The Balaban J connectivity index is 1.49. The molecule has 0 saturated heterocycles. The molecule has 1 fully saturated rings. The molecule has 0 aliphatic heterocycles. The van der Waals surface area contributed by atoms with Gasteiger partial charge in [0, 0.05) is 30.3 Å². The normalized spacial score (nSPS) is 15.5. The molecular weight excluding hydrogens is 324 g/mol. The largest absolute Gasteiger partial charge is 0.389 e. The Kier molecular flexibility index (Phi) is 6.13. The molecule has 0 amide bonds. The highest BCUT2D eigenvalue weighted by atomic mass is 19.1. The molecule has 5 heteroatoms.